The van der Waals surface area contributed by atoms with Crippen LogP contribution < -0.4 is 5.76 Å². The summed E-state index contributed by atoms with van der Waals surface area (Å²) in [5, 5.41) is 1.96. The Bertz CT molecular complexity index is 835. The van der Waals surface area contributed by atoms with Gasteiger partial charge in [-0.15, -0.1) is 0 Å². The minimum atomic E-state index is -0.536. The van der Waals surface area contributed by atoms with Crippen LogP contribution in [0.2, 0.25) is 0 Å². The summed E-state index contributed by atoms with van der Waals surface area (Å²) in [5.41, 5.74) is 2.13. The predicted octanol–water partition coefficient (Wildman–Crippen LogP) is 2.98. The fraction of sp³-hybridized carbons (Fsp3) is 0.333. The second kappa shape index (κ2) is 3.70. The van der Waals surface area contributed by atoms with Gasteiger partial charge in [0.2, 0.25) is 0 Å². The molecule has 4 heteroatoms. The van der Waals surface area contributed by atoms with E-state index in [-0.39, 0.29) is 5.41 Å². The normalized spacial score (nSPS) is 12.4. The van der Waals surface area contributed by atoms with E-state index in [1.165, 1.54) is 0 Å². The van der Waals surface area contributed by atoms with Gasteiger partial charge in [0.05, 0.1) is 11.2 Å². The highest BCUT2D eigenvalue weighted by molar-refractivity contribution is 6.03. The third kappa shape index (κ3) is 1.75. The second-order valence-corrected chi connectivity index (χ2v) is 5.89. The average Bonchev–Trinajstić information content (AvgIpc) is 2.69. The zero-order chi connectivity index (χ0) is 13.8. The van der Waals surface area contributed by atoms with Crippen LogP contribution >= 0.6 is 0 Å². The van der Waals surface area contributed by atoms with E-state index in [0.717, 1.165) is 22.0 Å². The van der Waals surface area contributed by atoms with Gasteiger partial charge in [0.15, 0.2) is 5.58 Å². The summed E-state index contributed by atoms with van der Waals surface area (Å²) in [7, 11) is 1.94. The van der Waals surface area contributed by atoms with Crippen LogP contribution in [0.15, 0.2) is 33.6 Å². The Morgan fingerprint density at radius 2 is 1.95 bits per heavy atom. The number of hydrogen-bond donors (Lipinski definition) is 0. The van der Waals surface area contributed by atoms with Gasteiger partial charge in [0.1, 0.15) is 0 Å². The van der Waals surface area contributed by atoms with Gasteiger partial charge in [-0.25, -0.2) is 4.79 Å². The molecule has 2 aromatic heterocycles. The SMILES string of the molecule is Cn1ccc2ccc3c(C(C)(C)C)nc(=O)oc3c21. The Hall–Kier alpha value is -2.10. The van der Waals surface area contributed by atoms with Crippen molar-refractivity contribution in [2.24, 2.45) is 7.05 Å². The van der Waals surface area contributed by atoms with Gasteiger partial charge in [-0.3, -0.25) is 0 Å². The van der Waals surface area contributed by atoms with Crippen molar-refractivity contribution in [1.29, 1.82) is 0 Å². The highest BCUT2D eigenvalue weighted by Crippen LogP contribution is 2.31. The molecule has 0 aliphatic heterocycles. The molecular weight excluding hydrogens is 240 g/mol. The summed E-state index contributed by atoms with van der Waals surface area (Å²) >= 11 is 0. The zero-order valence-corrected chi connectivity index (χ0v) is 11.5. The lowest BCUT2D eigenvalue weighted by atomic mass is 9.89. The molecule has 0 atom stereocenters. The van der Waals surface area contributed by atoms with Gasteiger partial charge in [0.25, 0.3) is 0 Å². The molecule has 1 aromatic carbocycles. The van der Waals surface area contributed by atoms with Gasteiger partial charge in [0, 0.05) is 29.4 Å². The molecule has 4 nitrogen and oxygen atoms in total. The lowest BCUT2D eigenvalue weighted by molar-refractivity contribution is 0.499. The van der Waals surface area contributed by atoms with Gasteiger partial charge < -0.3 is 8.98 Å². The van der Waals surface area contributed by atoms with Crippen LogP contribution in [-0.4, -0.2) is 9.55 Å². The van der Waals surface area contributed by atoms with Crippen LogP contribution in [-0.2, 0) is 12.5 Å². The molecule has 0 N–H and O–H groups in total. The Kier molecular flexibility index (Phi) is 2.33. The van der Waals surface area contributed by atoms with Crippen molar-refractivity contribution in [3.8, 4) is 0 Å². The first-order valence-electron chi connectivity index (χ1n) is 6.27. The molecule has 98 valence electrons. The fourth-order valence-electron chi connectivity index (χ4n) is 2.47. The van der Waals surface area contributed by atoms with Crippen molar-refractivity contribution in [3.63, 3.8) is 0 Å². The summed E-state index contributed by atoms with van der Waals surface area (Å²) in [4.78, 5) is 15.8. The highest BCUT2D eigenvalue weighted by Gasteiger charge is 2.22. The van der Waals surface area contributed by atoms with Crippen LogP contribution in [0.3, 0.4) is 0 Å². The van der Waals surface area contributed by atoms with Crippen LogP contribution in [0.5, 0.6) is 0 Å². The molecule has 0 aliphatic rings. The predicted molar refractivity (Wildman–Crippen MR) is 75.5 cm³/mol. The Balaban J connectivity index is 2.58. The second-order valence-electron chi connectivity index (χ2n) is 5.89. The lowest BCUT2D eigenvalue weighted by Gasteiger charge is -2.18. The molecule has 0 spiro atoms. The molecule has 0 bridgehead atoms. The average molecular weight is 256 g/mol. The van der Waals surface area contributed by atoms with Crippen LogP contribution in [0.25, 0.3) is 21.9 Å². The highest BCUT2D eigenvalue weighted by atomic mass is 16.4. The van der Waals surface area contributed by atoms with E-state index >= 15 is 0 Å². The molecule has 0 fully saturated rings. The van der Waals surface area contributed by atoms with Crippen molar-refractivity contribution in [3.05, 3.63) is 40.6 Å². The first-order chi connectivity index (χ1) is 8.88. The summed E-state index contributed by atoms with van der Waals surface area (Å²) in [6.45, 7) is 6.14. The molecule has 0 aliphatic carbocycles. The molecule has 0 amide bonds. The number of nitrogens with zero attached hydrogens (tertiary/aromatic N) is 2. The Labute approximate surface area is 110 Å². The topological polar surface area (TPSA) is 48.0 Å². The lowest BCUT2D eigenvalue weighted by Crippen LogP contribution is -2.19. The molecule has 0 unspecified atom stereocenters. The van der Waals surface area contributed by atoms with Gasteiger partial charge in [-0.05, 0) is 12.1 Å². The maximum Gasteiger partial charge on any atom is 0.439 e. The number of benzene rings is 1. The number of aromatic nitrogens is 2. The molecule has 0 radical (unpaired) electrons. The maximum atomic E-state index is 11.7. The van der Waals surface area contributed by atoms with Crippen molar-refractivity contribution in [2.75, 3.05) is 0 Å². The smallest absolute Gasteiger partial charge is 0.406 e. The number of hydrogen-bond acceptors (Lipinski definition) is 3. The minimum absolute atomic E-state index is 0.201. The zero-order valence-electron chi connectivity index (χ0n) is 11.5. The quantitative estimate of drug-likeness (QED) is 0.621. The van der Waals surface area contributed by atoms with Crippen LogP contribution in [0, 0.1) is 0 Å². The minimum Gasteiger partial charge on any atom is -0.406 e. The molecule has 3 rings (SSSR count). The number of rotatable bonds is 0. The van der Waals surface area contributed by atoms with Crippen molar-refractivity contribution < 1.29 is 4.42 Å². The van der Waals surface area contributed by atoms with E-state index in [1.54, 1.807) is 0 Å². The van der Waals surface area contributed by atoms with Gasteiger partial charge in [-0.1, -0.05) is 26.8 Å². The Morgan fingerprint density at radius 1 is 1.21 bits per heavy atom. The van der Waals surface area contributed by atoms with Crippen molar-refractivity contribution in [1.82, 2.24) is 9.55 Å². The number of fused-ring (bicyclic) bond motifs is 3. The van der Waals surface area contributed by atoms with E-state index in [0.29, 0.717) is 5.58 Å². The molecule has 3 aromatic rings. The first kappa shape index (κ1) is 12.0. The van der Waals surface area contributed by atoms with Gasteiger partial charge >= 0.3 is 5.76 Å². The van der Waals surface area contributed by atoms with Crippen molar-refractivity contribution >= 4 is 21.9 Å². The van der Waals surface area contributed by atoms with E-state index in [2.05, 4.69) is 4.98 Å². The summed E-state index contributed by atoms with van der Waals surface area (Å²) in [6, 6.07) is 6.02. The summed E-state index contributed by atoms with van der Waals surface area (Å²) < 4.78 is 7.33. The largest absolute Gasteiger partial charge is 0.439 e. The van der Waals surface area contributed by atoms with Crippen LogP contribution in [0.1, 0.15) is 26.5 Å². The fourth-order valence-corrected chi connectivity index (χ4v) is 2.47. The molecule has 0 saturated heterocycles. The Morgan fingerprint density at radius 3 is 2.63 bits per heavy atom. The molecule has 2 heterocycles. The maximum absolute atomic E-state index is 11.7. The van der Waals surface area contributed by atoms with E-state index in [4.69, 9.17) is 4.42 Å². The molecule has 19 heavy (non-hydrogen) atoms. The van der Waals surface area contributed by atoms with Crippen LogP contribution in [0.4, 0.5) is 0 Å². The third-order valence-electron chi connectivity index (χ3n) is 3.35. The summed E-state index contributed by atoms with van der Waals surface area (Å²) in [6.07, 6.45) is 1.96. The van der Waals surface area contributed by atoms with Crippen molar-refractivity contribution in [2.45, 2.75) is 26.2 Å². The van der Waals surface area contributed by atoms with E-state index in [1.807, 2.05) is 56.8 Å². The number of aryl methyl sites for hydroxylation is 1. The monoisotopic (exact) mass is 256 g/mol. The standard InChI is InChI=1S/C15H16N2O2/c1-15(2,3)13-10-6-5-9-7-8-17(4)11(9)12(10)19-14(18)16-13/h5-8H,1-4H3. The first-order valence-corrected chi connectivity index (χ1v) is 6.27. The van der Waals surface area contributed by atoms with E-state index < -0.39 is 5.76 Å². The van der Waals surface area contributed by atoms with Gasteiger partial charge in [-0.2, -0.15) is 4.98 Å². The third-order valence-corrected chi connectivity index (χ3v) is 3.35. The molecular formula is C15H16N2O2. The van der Waals surface area contributed by atoms with E-state index in [9.17, 15) is 4.79 Å². The summed E-state index contributed by atoms with van der Waals surface area (Å²) in [5.74, 6) is -0.536. The molecule has 0 saturated carbocycles.